The Morgan fingerprint density at radius 2 is 1.50 bits per heavy atom. The van der Waals surface area contributed by atoms with E-state index in [0.717, 1.165) is 11.1 Å². The molecule has 3 rings (SSSR count). The van der Waals surface area contributed by atoms with Crippen molar-refractivity contribution in [3.63, 3.8) is 0 Å². The molecule has 0 bridgehead atoms. The second kappa shape index (κ2) is 8.67. The van der Waals surface area contributed by atoms with Crippen LogP contribution < -0.4 is 11.5 Å². The van der Waals surface area contributed by atoms with Gasteiger partial charge in [-0.25, -0.2) is 4.21 Å². The number of carbonyl (C=O) groups is 1. The summed E-state index contributed by atoms with van der Waals surface area (Å²) < 4.78 is 22.0. The molecule has 1 amide bonds. The number of halogens is 1. The van der Waals surface area contributed by atoms with Gasteiger partial charge in [-0.2, -0.15) is 0 Å². The fourth-order valence-corrected chi connectivity index (χ4v) is 4.32. The summed E-state index contributed by atoms with van der Waals surface area (Å²) in [6.45, 7) is 0. The molecule has 5 nitrogen and oxygen atoms in total. The van der Waals surface area contributed by atoms with Crippen molar-refractivity contribution >= 4 is 28.6 Å². The number of benzene rings is 3. The molecule has 0 saturated carbocycles. The van der Waals surface area contributed by atoms with Gasteiger partial charge in [-0.1, -0.05) is 72.3 Å². The molecule has 0 spiro atoms. The Bertz CT molecular complexity index is 1010. The highest BCUT2D eigenvalue weighted by molar-refractivity contribution is 7.79. The van der Waals surface area contributed by atoms with Gasteiger partial charge >= 0.3 is 0 Å². The fraction of sp³-hybridized carbons (Fsp3) is 0.0952. The zero-order chi connectivity index (χ0) is 20.3. The fourth-order valence-electron chi connectivity index (χ4n) is 3.28. The number of rotatable bonds is 6. The van der Waals surface area contributed by atoms with Crippen LogP contribution in [-0.4, -0.2) is 14.7 Å². The van der Waals surface area contributed by atoms with Gasteiger partial charge in [0.25, 0.3) is 0 Å². The van der Waals surface area contributed by atoms with Crippen molar-refractivity contribution in [1.82, 2.24) is 0 Å². The molecule has 3 atom stereocenters. The molecular formula is C21H19ClN2O3S. The van der Waals surface area contributed by atoms with E-state index in [9.17, 15) is 13.6 Å². The summed E-state index contributed by atoms with van der Waals surface area (Å²) in [4.78, 5) is 11.8. The zero-order valence-electron chi connectivity index (χ0n) is 14.8. The Labute approximate surface area is 170 Å². The summed E-state index contributed by atoms with van der Waals surface area (Å²) in [7, 11) is 0. The summed E-state index contributed by atoms with van der Waals surface area (Å²) in [6, 6.07) is 21.0. The maximum Gasteiger partial charge on any atom is 0.248 e. The minimum Gasteiger partial charge on any atom is -0.366 e. The molecule has 5 N–H and O–H groups in total. The Kier molecular flexibility index (Phi) is 6.26. The van der Waals surface area contributed by atoms with Crippen LogP contribution in [0.2, 0.25) is 5.02 Å². The van der Waals surface area contributed by atoms with E-state index in [2.05, 4.69) is 0 Å². The Balaban J connectivity index is 2.29. The van der Waals surface area contributed by atoms with E-state index in [1.54, 1.807) is 0 Å². The van der Waals surface area contributed by atoms with Gasteiger partial charge in [-0.05, 0) is 28.8 Å². The van der Waals surface area contributed by atoms with Crippen molar-refractivity contribution in [3.8, 4) is 0 Å². The third kappa shape index (κ3) is 4.15. The summed E-state index contributed by atoms with van der Waals surface area (Å²) in [6.07, 6.45) is 0. The van der Waals surface area contributed by atoms with Crippen molar-refractivity contribution in [1.29, 1.82) is 0 Å². The van der Waals surface area contributed by atoms with Crippen molar-refractivity contribution in [2.24, 2.45) is 11.5 Å². The van der Waals surface area contributed by atoms with Gasteiger partial charge in [0.1, 0.15) is 0 Å². The van der Waals surface area contributed by atoms with E-state index >= 15 is 0 Å². The number of hydrogen-bond donors (Lipinski definition) is 3. The van der Waals surface area contributed by atoms with Crippen molar-refractivity contribution in [2.45, 2.75) is 16.9 Å². The maximum atomic E-state index is 12.1. The van der Waals surface area contributed by atoms with Crippen LogP contribution in [0.1, 0.15) is 39.0 Å². The normalized spacial score (nSPS) is 14.2. The average Bonchev–Trinajstić information content (AvgIpc) is 2.69. The molecule has 0 saturated heterocycles. The van der Waals surface area contributed by atoms with Gasteiger partial charge in [0.15, 0.2) is 11.1 Å². The van der Waals surface area contributed by atoms with Crippen LogP contribution in [0.15, 0.2) is 77.7 Å². The molecule has 3 aromatic rings. The molecule has 1 unspecified atom stereocenters. The van der Waals surface area contributed by atoms with Crippen LogP contribution >= 0.6 is 11.6 Å². The van der Waals surface area contributed by atoms with Crippen LogP contribution in [0.3, 0.4) is 0 Å². The predicted molar refractivity (Wildman–Crippen MR) is 111 cm³/mol. The highest BCUT2D eigenvalue weighted by atomic mass is 35.5. The first-order valence-corrected chi connectivity index (χ1v) is 9.98. The Morgan fingerprint density at radius 3 is 2.00 bits per heavy atom. The van der Waals surface area contributed by atoms with Crippen molar-refractivity contribution in [2.75, 3.05) is 0 Å². The monoisotopic (exact) mass is 414 g/mol. The molecule has 0 radical (unpaired) electrons. The van der Waals surface area contributed by atoms with Crippen LogP contribution in [0.4, 0.5) is 0 Å². The summed E-state index contributed by atoms with van der Waals surface area (Å²) in [5.74, 6) is -1.20. The van der Waals surface area contributed by atoms with Gasteiger partial charge in [0.2, 0.25) is 5.91 Å². The molecule has 0 aliphatic carbocycles. The van der Waals surface area contributed by atoms with Crippen molar-refractivity contribution < 1.29 is 13.6 Å². The molecule has 3 aromatic carbocycles. The molecule has 0 aliphatic heterocycles. The first kappa shape index (κ1) is 20.2. The topological polar surface area (TPSA) is 106 Å². The molecule has 0 aliphatic rings. The van der Waals surface area contributed by atoms with Crippen molar-refractivity contribution in [3.05, 3.63) is 100 Å². The van der Waals surface area contributed by atoms with Gasteiger partial charge < -0.3 is 16.0 Å². The number of hydrogen-bond acceptors (Lipinski definition) is 3. The minimum atomic E-state index is -2.38. The summed E-state index contributed by atoms with van der Waals surface area (Å²) >= 11 is 3.87. The first-order valence-electron chi connectivity index (χ1n) is 8.49. The molecule has 0 fully saturated rings. The van der Waals surface area contributed by atoms with E-state index in [4.69, 9.17) is 23.1 Å². The lowest BCUT2D eigenvalue weighted by Gasteiger charge is -2.27. The lowest BCUT2D eigenvalue weighted by Crippen LogP contribution is -2.23. The Hall–Kier alpha value is -2.51. The standard InChI is InChI=1S/C21H19ClN2O3S/c22-17-12-15(21(24)25)11-16(20(17)28(26)27)18(13-7-3-1-4-8-13)19(23)14-9-5-2-6-10-14/h1-12,18-19H,23H2,(H2,24,25)(H,26,27)/t18-,19+/m0/s1. The van der Waals surface area contributed by atoms with Crippen LogP contribution in [-0.2, 0) is 11.1 Å². The molecule has 144 valence electrons. The van der Waals surface area contributed by atoms with Crippen LogP contribution in [0, 0.1) is 0 Å². The van der Waals surface area contributed by atoms with E-state index in [0.29, 0.717) is 5.56 Å². The van der Waals surface area contributed by atoms with Gasteiger partial charge in [0.05, 0.1) is 9.92 Å². The highest BCUT2D eigenvalue weighted by Crippen LogP contribution is 2.40. The lowest BCUT2D eigenvalue weighted by atomic mass is 9.81. The van der Waals surface area contributed by atoms with E-state index in [1.165, 1.54) is 12.1 Å². The Morgan fingerprint density at radius 1 is 0.964 bits per heavy atom. The van der Waals surface area contributed by atoms with Gasteiger partial charge in [-0.15, -0.1) is 0 Å². The minimum absolute atomic E-state index is 0.00618. The van der Waals surface area contributed by atoms with Gasteiger partial charge in [0, 0.05) is 17.5 Å². The zero-order valence-corrected chi connectivity index (χ0v) is 16.4. The smallest absolute Gasteiger partial charge is 0.248 e. The number of primary amides is 1. The van der Waals surface area contributed by atoms with Gasteiger partial charge in [-0.3, -0.25) is 4.79 Å². The number of amides is 1. The molecular weight excluding hydrogens is 396 g/mol. The summed E-state index contributed by atoms with van der Waals surface area (Å²) in [5.41, 5.74) is 14.2. The molecule has 0 heterocycles. The quantitative estimate of drug-likeness (QED) is 0.532. The third-order valence-corrected chi connectivity index (χ3v) is 5.78. The molecule has 28 heavy (non-hydrogen) atoms. The average molecular weight is 415 g/mol. The third-order valence-electron chi connectivity index (χ3n) is 4.57. The molecule has 7 heteroatoms. The summed E-state index contributed by atoms with van der Waals surface area (Å²) in [5, 5.41) is -0.00618. The van der Waals surface area contributed by atoms with Crippen LogP contribution in [0.25, 0.3) is 0 Å². The molecule has 0 aromatic heterocycles. The largest absolute Gasteiger partial charge is 0.366 e. The lowest BCUT2D eigenvalue weighted by molar-refractivity contribution is 0.1000. The number of nitrogens with two attached hydrogens (primary N) is 2. The van der Waals surface area contributed by atoms with E-state index in [-0.39, 0.29) is 15.5 Å². The highest BCUT2D eigenvalue weighted by Gasteiger charge is 2.29. The van der Waals surface area contributed by atoms with E-state index < -0.39 is 28.9 Å². The number of carbonyl (C=O) groups excluding carboxylic acids is 1. The van der Waals surface area contributed by atoms with E-state index in [1.807, 2.05) is 60.7 Å². The van der Waals surface area contributed by atoms with Crippen LogP contribution in [0.5, 0.6) is 0 Å². The maximum absolute atomic E-state index is 12.1. The first-order chi connectivity index (χ1) is 13.4. The predicted octanol–water partition coefficient (Wildman–Crippen LogP) is 3.85. The second-order valence-corrected chi connectivity index (χ2v) is 7.63. The SMILES string of the molecule is NC(=O)c1cc(Cl)c(S(=O)O)c([C@H](c2ccccc2)[C@H](N)c2ccccc2)c1. The second-order valence-electron chi connectivity index (χ2n) is 6.31.